The molecule has 3 rings (SSSR count). The molecule has 1 aromatic heterocycles. The fourth-order valence-corrected chi connectivity index (χ4v) is 2.06. The van der Waals surface area contributed by atoms with Gasteiger partial charge in [0.05, 0.1) is 6.54 Å². The number of carbonyl (C=O) groups is 1. The molecule has 0 saturated carbocycles. The predicted octanol–water partition coefficient (Wildman–Crippen LogP) is 3.69. The van der Waals surface area contributed by atoms with E-state index in [9.17, 15) is 18.0 Å². The van der Waals surface area contributed by atoms with Crippen LogP contribution in [0.5, 0.6) is 0 Å². The Balaban J connectivity index is 1.65. The smallest absolute Gasteiger partial charge is 0.251 e. The van der Waals surface area contributed by atoms with Crippen LogP contribution in [-0.4, -0.2) is 11.1 Å². The number of rotatable bonds is 4. The van der Waals surface area contributed by atoms with Crippen LogP contribution in [0, 0.1) is 17.5 Å². The third-order valence-electron chi connectivity index (χ3n) is 3.30. The lowest BCUT2D eigenvalue weighted by Gasteiger charge is -2.03. The van der Waals surface area contributed by atoms with Gasteiger partial charge in [-0.05, 0) is 42.5 Å². The van der Waals surface area contributed by atoms with E-state index in [1.165, 1.54) is 18.2 Å². The van der Waals surface area contributed by atoms with Gasteiger partial charge in [-0.2, -0.15) is 0 Å². The Morgan fingerprint density at radius 1 is 1.00 bits per heavy atom. The van der Waals surface area contributed by atoms with Crippen molar-refractivity contribution in [3.63, 3.8) is 0 Å². The Hall–Kier alpha value is -3.09. The fourth-order valence-electron chi connectivity index (χ4n) is 2.06. The standard InChI is InChI=1S/C17H11F3N2O2/c18-12-4-1-10(2-5-12)16-8-13(22-24-16)9-21-17(23)11-3-6-14(19)15(20)7-11/h1-8H,9H2,(H,21,23). The van der Waals surface area contributed by atoms with Crippen molar-refractivity contribution < 1.29 is 22.5 Å². The van der Waals surface area contributed by atoms with Gasteiger partial charge in [0.25, 0.3) is 5.91 Å². The molecule has 1 amide bonds. The first-order valence-electron chi connectivity index (χ1n) is 6.98. The molecule has 0 atom stereocenters. The zero-order chi connectivity index (χ0) is 17.1. The van der Waals surface area contributed by atoms with Crippen molar-refractivity contribution in [2.45, 2.75) is 6.54 Å². The van der Waals surface area contributed by atoms with E-state index in [2.05, 4.69) is 10.5 Å². The van der Waals surface area contributed by atoms with Gasteiger partial charge < -0.3 is 9.84 Å². The van der Waals surface area contributed by atoms with Crippen molar-refractivity contribution in [2.24, 2.45) is 0 Å². The third-order valence-corrected chi connectivity index (χ3v) is 3.30. The summed E-state index contributed by atoms with van der Waals surface area (Å²) in [5.74, 6) is -2.63. The second-order valence-electron chi connectivity index (χ2n) is 5.00. The molecule has 0 radical (unpaired) electrons. The van der Waals surface area contributed by atoms with Crippen LogP contribution in [0.4, 0.5) is 13.2 Å². The third kappa shape index (κ3) is 3.45. The van der Waals surface area contributed by atoms with Gasteiger partial charge in [-0.3, -0.25) is 4.79 Å². The minimum absolute atomic E-state index is 0.00356. The molecule has 0 aliphatic carbocycles. The van der Waals surface area contributed by atoms with Crippen molar-refractivity contribution in [1.29, 1.82) is 0 Å². The Labute approximate surface area is 134 Å². The first-order chi connectivity index (χ1) is 11.5. The first kappa shape index (κ1) is 15.8. The second kappa shape index (κ2) is 6.57. The zero-order valence-electron chi connectivity index (χ0n) is 12.2. The van der Waals surface area contributed by atoms with E-state index in [0.29, 0.717) is 17.0 Å². The van der Waals surface area contributed by atoms with Gasteiger partial charge in [0.15, 0.2) is 17.4 Å². The normalized spacial score (nSPS) is 10.6. The molecular formula is C17H11F3N2O2. The number of hydrogen-bond acceptors (Lipinski definition) is 3. The van der Waals surface area contributed by atoms with Crippen molar-refractivity contribution in [1.82, 2.24) is 10.5 Å². The van der Waals surface area contributed by atoms with E-state index in [4.69, 9.17) is 4.52 Å². The van der Waals surface area contributed by atoms with Crippen LogP contribution < -0.4 is 5.32 Å². The minimum atomic E-state index is -1.09. The molecule has 0 spiro atoms. The molecule has 4 nitrogen and oxygen atoms in total. The van der Waals surface area contributed by atoms with Gasteiger partial charge in [-0.25, -0.2) is 13.2 Å². The number of nitrogens with one attached hydrogen (secondary N) is 1. The van der Waals surface area contributed by atoms with Crippen LogP contribution in [0.25, 0.3) is 11.3 Å². The number of carbonyl (C=O) groups excluding carboxylic acids is 1. The zero-order valence-corrected chi connectivity index (χ0v) is 12.2. The summed E-state index contributed by atoms with van der Waals surface area (Å²) in [4.78, 5) is 11.9. The quantitative estimate of drug-likeness (QED) is 0.793. The van der Waals surface area contributed by atoms with Gasteiger partial charge in [-0.15, -0.1) is 0 Å². The molecule has 1 N–H and O–H groups in total. The molecule has 0 aliphatic rings. The van der Waals surface area contributed by atoms with Crippen molar-refractivity contribution >= 4 is 5.91 Å². The van der Waals surface area contributed by atoms with Crippen molar-refractivity contribution in [3.05, 3.63) is 77.2 Å². The molecule has 3 aromatic rings. The molecule has 24 heavy (non-hydrogen) atoms. The van der Waals surface area contributed by atoms with E-state index >= 15 is 0 Å². The maximum Gasteiger partial charge on any atom is 0.251 e. The van der Waals surface area contributed by atoms with Crippen LogP contribution in [0.1, 0.15) is 16.1 Å². The number of hydrogen-bond donors (Lipinski definition) is 1. The Morgan fingerprint density at radius 2 is 1.75 bits per heavy atom. The lowest BCUT2D eigenvalue weighted by Crippen LogP contribution is -2.23. The van der Waals surface area contributed by atoms with Gasteiger partial charge >= 0.3 is 0 Å². The van der Waals surface area contributed by atoms with Gasteiger partial charge in [-0.1, -0.05) is 5.16 Å². The van der Waals surface area contributed by atoms with Crippen LogP contribution in [0.15, 0.2) is 53.1 Å². The summed E-state index contributed by atoms with van der Waals surface area (Å²) >= 11 is 0. The molecule has 1 heterocycles. The number of benzene rings is 2. The highest BCUT2D eigenvalue weighted by atomic mass is 19.2. The topological polar surface area (TPSA) is 55.1 Å². The maximum absolute atomic E-state index is 13.1. The van der Waals surface area contributed by atoms with Gasteiger partial charge in [0, 0.05) is 17.2 Å². The summed E-state index contributed by atoms with van der Waals surface area (Å²) in [5, 5.41) is 6.32. The second-order valence-corrected chi connectivity index (χ2v) is 5.00. The summed E-state index contributed by atoms with van der Waals surface area (Å²) in [6.07, 6.45) is 0. The van der Waals surface area contributed by atoms with E-state index in [1.54, 1.807) is 18.2 Å². The molecule has 0 saturated heterocycles. The number of nitrogens with zero attached hydrogens (tertiary/aromatic N) is 1. The Kier molecular flexibility index (Phi) is 4.33. The fraction of sp³-hybridized carbons (Fsp3) is 0.0588. The largest absolute Gasteiger partial charge is 0.356 e. The highest BCUT2D eigenvalue weighted by molar-refractivity contribution is 5.94. The average molecular weight is 332 g/mol. The summed E-state index contributed by atoms with van der Waals surface area (Å²) in [5.41, 5.74) is 1.07. The van der Waals surface area contributed by atoms with E-state index in [-0.39, 0.29) is 17.9 Å². The molecule has 7 heteroatoms. The molecule has 0 aliphatic heterocycles. The average Bonchev–Trinajstić information content (AvgIpc) is 3.05. The monoisotopic (exact) mass is 332 g/mol. The number of halogens is 3. The van der Waals surface area contributed by atoms with Gasteiger partial charge in [0.2, 0.25) is 0 Å². The van der Waals surface area contributed by atoms with Crippen LogP contribution in [0.3, 0.4) is 0 Å². The lowest BCUT2D eigenvalue weighted by molar-refractivity contribution is 0.0949. The summed E-state index contributed by atoms with van der Waals surface area (Å²) < 4.78 is 44.0. The predicted molar refractivity (Wildman–Crippen MR) is 79.4 cm³/mol. The Bertz CT molecular complexity index is 876. The molecule has 0 fully saturated rings. The first-order valence-corrected chi connectivity index (χ1v) is 6.98. The molecule has 2 aromatic carbocycles. The summed E-state index contributed by atoms with van der Waals surface area (Å²) in [7, 11) is 0. The van der Waals surface area contributed by atoms with E-state index in [1.807, 2.05) is 0 Å². The summed E-state index contributed by atoms with van der Waals surface area (Å²) in [6.45, 7) is 0.0442. The van der Waals surface area contributed by atoms with E-state index in [0.717, 1.165) is 12.1 Å². The molecule has 0 bridgehead atoms. The minimum Gasteiger partial charge on any atom is -0.356 e. The van der Waals surface area contributed by atoms with Crippen LogP contribution in [-0.2, 0) is 6.54 Å². The van der Waals surface area contributed by atoms with E-state index < -0.39 is 17.5 Å². The number of amides is 1. The maximum atomic E-state index is 13.1. The SMILES string of the molecule is O=C(NCc1cc(-c2ccc(F)cc2)on1)c1ccc(F)c(F)c1. The molecule has 122 valence electrons. The van der Waals surface area contributed by atoms with Crippen molar-refractivity contribution in [3.8, 4) is 11.3 Å². The highest BCUT2D eigenvalue weighted by Gasteiger charge is 2.11. The van der Waals surface area contributed by atoms with Crippen molar-refractivity contribution in [2.75, 3.05) is 0 Å². The van der Waals surface area contributed by atoms with Crippen LogP contribution >= 0.6 is 0 Å². The summed E-state index contributed by atoms with van der Waals surface area (Å²) in [6, 6.07) is 10.1. The van der Waals surface area contributed by atoms with Crippen LogP contribution in [0.2, 0.25) is 0 Å². The lowest BCUT2D eigenvalue weighted by atomic mass is 10.1. The molecule has 0 unspecified atom stereocenters. The van der Waals surface area contributed by atoms with Gasteiger partial charge in [0.1, 0.15) is 11.5 Å². The highest BCUT2D eigenvalue weighted by Crippen LogP contribution is 2.20. The number of aromatic nitrogens is 1. The Morgan fingerprint density at radius 3 is 2.46 bits per heavy atom. The molecular weight excluding hydrogens is 321 g/mol.